The van der Waals surface area contributed by atoms with Gasteiger partial charge < -0.3 is 10.1 Å². The molecular weight excluding hydrogens is 378 g/mol. The van der Waals surface area contributed by atoms with Crippen molar-refractivity contribution in [3.63, 3.8) is 0 Å². The third-order valence-electron chi connectivity index (χ3n) is 4.11. The summed E-state index contributed by atoms with van der Waals surface area (Å²) in [5, 5.41) is 3.02. The predicted octanol–water partition coefficient (Wildman–Crippen LogP) is 5.61. The zero-order valence-electron chi connectivity index (χ0n) is 15.1. The van der Waals surface area contributed by atoms with Crippen LogP contribution < -0.4 is 10.1 Å². The molecule has 1 amide bonds. The molecule has 134 valence electrons. The van der Waals surface area contributed by atoms with Crippen LogP contribution in [-0.4, -0.2) is 12.5 Å². The van der Waals surface area contributed by atoms with Gasteiger partial charge in [-0.15, -0.1) is 0 Å². The SMILES string of the molecule is CC(C)c1ccc(OCCCC(=O)NC(C)c2ccccc2)c(Br)c1. The Labute approximate surface area is 158 Å². The molecule has 0 radical (unpaired) electrons. The molecule has 0 saturated carbocycles. The van der Waals surface area contributed by atoms with E-state index in [0.717, 1.165) is 15.8 Å². The van der Waals surface area contributed by atoms with Gasteiger partial charge >= 0.3 is 0 Å². The van der Waals surface area contributed by atoms with Gasteiger partial charge in [-0.05, 0) is 58.5 Å². The Kier molecular flexibility index (Phi) is 7.51. The molecule has 0 heterocycles. The van der Waals surface area contributed by atoms with Crippen LogP contribution in [0.4, 0.5) is 0 Å². The quantitative estimate of drug-likeness (QED) is 0.581. The molecule has 0 saturated heterocycles. The highest BCUT2D eigenvalue weighted by atomic mass is 79.9. The van der Waals surface area contributed by atoms with E-state index in [1.807, 2.05) is 43.3 Å². The van der Waals surface area contributed by atoms with Crippen LogP contribution in [0.5, 0.6) is 5.75 Å². The number of halogens is 1. The molecule has 2 aromatic carbocycles. The zero-order chi connectivity index (χ0) is 18.2. The number of amides is 1. The summed E-state index contributed by atoms with van der Waals surface area (Å²) in [5.41, 5.74) is 2.38. The number of nitrogens with one attached hydrogen (secondary N) is 1. The molecule has 0 aliphatic carbocycles. The van der Waals surface area contributed by atoms with E-state index in [2.05, 4.69) is 47.2 Å². The van der Waals surface area contributed by atoms with Crippen molar-refractivity contribution < 1.29 is 9.53 Å². The highest BCUT2D eigenvalue weighted by Gasteiger charge is 2.09. The Balaban J connectivity index is 1.73. The number of benzene rings is 2. The molecule has 0 aliphatic heterocycles. The maximum atomic E-state index is 12.0. The van der Waals surface area contributed by atoms with E-state index in [0.29, 0.717) is 25.4 Å². The smallest absolute Gasteiger partial charge is 0.220 e. The fourth-order valence-electron chi connectivity index (χ4n) is 2.55. The Hall–Kier alpha value is -1.81. The summed E-state index contributed by atoms with van der Waals surface area (Å²) in [6.07, 6.45) is 1.14. The zero-order valence-corrected chi connectivity index (χ0v) is 16.7. The number of rotatable bonds is 8. The number of hydrogen-bond acceptors (Lipinski definition) is 2. The Morgan fingerprint density at radius 2 is 1.80 bits per heavy atom. The van der Waals surface area contributed by atoms with Crippen LogP contribution in [-0.2, 0) is 4.79 Å². The molecule has 4 heteroatoms. The van der Waals surface area contributed by atoms with Crippen molar-refractivity contribution in [1.29, 1.82) is 0 Å². The Morgan fingerprint density at radius 3 is 2.44 bits per heavy atom. The Morgan fingerprint density at radius 1 is 1.08 bits per heavy atom. The van der Waals surface area contributed by atoms with Gasteiger partial charge in [-0.25, -0.2) is 0 Å². The van der Waals surface area contributed by atoms with Crippen LogP contribution in [0, 0.1) is 0 Å². The maximum absolute atomic E-state index is 12.0. The molecule has 0 aliphatic rings. The molecule has 1 N–H and O–H groups in total. The summed E-state index contributed by atoms with van der Waals surface area (Å²) < 4.78 is 6.74. The second-order valence-electron chi connectivity index (χ2n) is 6.50. The molecule has 0 spiro atoms. The molecule has 1 unspecified atom stereocenters. The van der Waals surface area contributed by atoms with Gasteiger partial charge in [0.2, 0.25) is 5.91 Å². The highest BCUT2D eigenvalue weighted by Crippen LogP contribution is 2.29. The summed E-state index contributed by atoms with van der Waals surface area (Å²) >= 11 is 3.55. The number of carbonyl (C=O) groups is 1. The van der Waals surface area contributed by atoms with E-state index in [4.69, 9.17) is 4.74 Å². The van der Waals surface area contributed by atoms with Gasteiger partial charge in [-0.2, -0.15) is 0 Å². The summed E-state index contributed by atoms with van der Waals surface area (Å²) in [6.45, 7) is 6.85. The summed E-state index contributed by atoms with van der Waals surface area (Å²) in [7, 11) is 0. The molecule has 2 rings (SSSR count). The van der Waals surface area contributed by atoms with Crippen molar-refractivity contribution >= 4 is 21.8 Å². The topological polar surface area (TPSA) is 38.3 Å². The van der Waals surface area contributed by atoms with E-state index in [9.17, 15) is 4.79 Å². The molecule has 3 nitrogen and oxygen atoms in total. The van der Waals surface area contributed by atoms with Crippen LogP contribution in [0.1, 0.15) is 56.7 Å². The third-order valence-corrected chi connectivity index (χ3v) is 4.73. The van der Waals surface area contributed by atoms with Crippen LogP contribution in [0.15, 0.2) is 53.0 Å². The Bertz CT molecular complexity index is 686. The minimum atomic E-state index is 0.0207. The molecule has 0 fully saturated rings. The number of hydrogen-bond donors (Lipinski definition) is 1. The van der Waals surface area contributed by atoms with Crippen molar-refractivity contribution in [3.8, 4) is 5.75 Å². The standard InChI is InChI=1S/C21H26BrNO2/c1-15(2)18-11-12-20(19(22)14-18)25-13-7-10-21(24)23-16(3)17-8-5-4-6-9-17/h4-6,8-9,11-12,14-16H,7,10,13H2,1-3H3,(H,23,24). The lowest BCUT2D eigenvalue weighted by Gasteiger charge is -2.14. The van der Waals surface area contributed by atoms with Crippen LogP contribution >= 0.6 is 15.9 Å². The molecule has 0 bridgehead atoms. The van der Waals surface area contributed by atoms with E-state index in [1.165, 1.54) is 5.56 Å². The second kappa shape index (κ2) is 9.62. The van der Waals surface area contributed by atoms with E-state index < -0.39 is 0 Å². The van der Waals surface area contributed by atoms with Crippen molar-refractivity contribution in [2.45, 2.75) is 45.6 Å². The van der Waals surface area contributed by atoms with Crippen molar-refractivity contribution in [1.82, 2.24) is 5.32 Å². The first-order valence-electron chi connectivity index (χ1n) is 8.74. The summed E-state index contributed by atoms with van der Waals surface area (Å²) in [5.74, 6) is 1.36. The first-order chi connectivity index (χ1) is 12.0. The van der Waals surface area contributed by atoms with Crippen LogP contribution in [0.25, 0.3) is 0 Å². The van der Waals surface area contributed by atoms with E-state index >= 15 is 0 Å². The molecule has 25 heavy (non-hydrogen) atoms. The molecule has 0 aromatic heterocycles. The monoisotopic (exact) mass is 403 g/mol. The lowest BCUT2D eigenvalue weighted by atomic mass is 10.0. The van der Waals surface area contributed by atoms with Gasteiger partial charge in [-0.3, -0.25) is 4.79 Å². The van der Waals surface area contributed by atoms with E-state index in [1.54, 1.807) is 0 Å². The van der Waals surface area contributed by atoms with Gasteiger partial charge in [0, 0.05) is 6.42 Å². The van der Waals surface area contributed by atoms with Crippen molar-refractivity contribution in [3.05, 3.63) is 64.1 Å². The lowest BCUT2D eigenvalue weighted by Crippen LogP contribution is -2.26. The predicted molar refractivity (Wildman–Crippen MR) is 106 cm³/mol. The fraction of sp³-hybridized carbons (Fsp3) is 0.381. The van der Waals surface area contributed by atoms with Gasteiger partial charge in [0.15, 0.2) is 0 Å². The van der Waals surface area contributed by atoms with Crippen LogP contribution in [0.2, 0.25) is 0 Å². The van der Waals surface area contributed by atoms with Gasteiger partial charge in [-0.1, -0.05) is 50.2 Å². The highest BCUT2D eigenvalue weighted by molar-refractivity contribution is 9.10. The third kappa shape index (κ3) is 6.20. The average Bonchev–Trinajstić information content (AvgIpc) is 2.60. The number of ether oxygens (including phenoxy) is 1. The summed E-state index contributed by atoms with van der Waals surface area (Å²) in [6, 6.07) is 16.2. The maximum Gasteiger partial charge on any atom is 0.220 e. The molecular formula is C21H26BrNO2. The second-order valence-corrected chi connectivity index (χ2v) is 7.35. The van der Waals surface area contributed by atoms with Crippen LogP contribution in [0.3, 0.4) is 0 Å². The molecule has 1 atom stereocenters. The normalized spacial score (nSPS) is 12.0. The first kappa shape index (κ1) is 19.5. The van der Waals surface area contributed by atoms with Crippen molar-refractivity contribution in [2.24, 2.45) is 0 Å². The fourth-order valence-corrected chi connectivity index (χ4v) is 3.06. The number of carbonyl (C=O) groups excluding carboxylic acids is 1. The van der Waals surface area contributed by atoms with Gasteiger partial charge in [0.25, 0.3) is 0 Å². The lowest BCUT2D eigenvalue weighted by molar-refractivity contribution is -0.121. The summed E-state index contributed by atoms with van der Waals surface area (Å²) in [4.78, 5) is 12.0. The average molecular weight is 404 g/mol. The van der Waals surface area contributed by atoms with Crippen molar-refractivity contribution in [2.75, 3.05) is 6.61 Å². The minimum absolute atomic E-state index is 0.0207. The van der Waals surface area contributed by atoms with Gasteiger partial charge in [0.05, 0.1) is 17.1 Å². The molecule has 2 aromatic rings. The van der Waals surface area contributed by atoms with E-state index in [-0.39, 0.29) is 11.9 Å². The van der Waals surface area contributed by atoms with Gasteiger partial charge in [0.1, 0.15) is 5.75 Å². The first-order valence-corrected chi connectivity index (χ1v) is 9.53. The largest absolute Gasteiger partial charge is 0.492 e. The minimum Gasteiger partial charge on any atom is -0.492 e.